The standard InChI is InChI=1S/C26H33F3N4O2/c1-17-14-19(32-12-10-31(11-13-32)9-5-8-30(2)3)15-18-16-33(26(34)22(17)18)25(29)20-6-7-21(35-4)24(28)23(20)27/h6-7,14-15,25H,5,8-13,16H2,1-4H3. The Bertz CT molecular complexity index is 1090. The van der Waals surface area contributed by atoms with Crippen LogP contribution in [0.5, 0.6) is 5.75 Å². The van der Waals surface area contributed by atoms with Gasteiger partial charge in [-0.15, -0.1) is 0 Å². The van der Waals surface area contributed by atoms with Crippen LogP contribution in [0.15, 0.2) is 24.3 Å². The summed E-state index contributed by atoms with van der Waals surface area (Å²) in [5.41, 5.74) is 2.38. The fourth-order valence-corrected chi connectivity index (χ4v) is 4.93. The van der Waals surface area contributed by atoms with Crippen molar-refractivity contribution in [1.29, 1.82) is 0 Å². The minimum atomic E-state index is -2.11. The van der Waals surface area contributed by atoms with Gasteiger partial charge < -0.3 is 19.4 Å². The summed E-state index contributed by atoms with van der Waals surface area (Å²) in [4.78, 5) is 20.9. The molecule has 1 saturated heterocycles. The Labute approximate surface area is 204 Å². The molecule has 6 nitrogen and oxygen atoms in total. The molecule has 2 aliphatic heterocycles. The normalized spacial score (nSPS) is 17.3. The van der Waals surface area contributed by atoms with Crippen molar-refractivity contribution >= 4 is 11.6 Å². The van der Waals surface area contributed by atoms with E-state index in [9.17, 15) is 13.6 Å². The molecule has 0 saturated carbocycles. The van der Waals surface area contributed by atoms with Crippen LogP contribution in [0.4, 0.5) is 18.9 Å². The minimum absolute atomic E-state index is 0.00159. The molecule has 2 aromatic carbocycles. The van der Waals surface area contributed by atoms with Gasteiger partial charge in [0, 0.05) is 49.5 Å². The molecule has 2 aliphatic rings. The summed E-state index contributed by atoms with van der Waals surface area (Å²) in [6.07, 6.45) is -0.977. The molecule has 2 heterocycles. The van der Waals surface area contributed by atoms with E-state index in [0.29, 0.717) is 11.1 Å². The number of benzene rings is 2. The molecule has 0 N–H and O–H groups in total. The number of anilines is 1. The zero-order chi connectivity index (χ0) is 25.3. The lowest BCUT2D eigenvalue weighted by molar-refractivity contribution is 0.0469. The van der Waals surface area contributed by atoms with Crippen LogP contribution in [0.25, 0.3) is 0 Å². The van der Waals surface area contributed by atoms with Gasteiger partial charge in [-0.2, -0.15) is 4.39 Å². The number of carbonyl (C=O) groups is 1. The Kier molecular flexibility index (Phi) is 7.56. The van der Waals surface area contributed by atoms with E-state index in [-0.39, 0.29) is 12.3 Å². The minimum Gasteiger partial charge on any atom is -0.494 e. The molecule has 1 amide bonds. The summed E-state index contributed by atoms with van der Waals surface area (Å²) in [5, 5.41) is 0. The average Bonchev–Trinajstić information content (AvgIpc) is 3.17. The van der Waals surface area contributed by atoms with Crippen molar-refractivity contribution in [1.82, 2.24) is 14.7 Å². The summed E-state index contributed by atoms with van der Waals surface area (Å²) < 4.78 is 48.7. The van der Waals surface area contributed by atoms with Crippen LogP contribution in [0, 0.1) is 18.6 Å². The number of hydrogen-bond donors (Lipinski definition) is 0. The van der Waals surface area contributed by atoms with Crippen LogP contribution in [0.1, 0.15) is 39.8 Å². The lowest BCUT2D eigenvalue weighted by Gasteiger charge is -2.36. The molecule has 1 atom stereocenters. The largest absolute Gasteiger partial charge is 0.494 e. The fourth-order valence-electron chi connectivity index (χ4n) is 4.93. The SMILES string of the molecule is COc1ccc(C(F)N2Cc3cc(N4CCN(CCCN(C)C)CC4)cc(C)c3C2=O)c(F)c1F. The number of amides is 1. The number of carbonyl (C=O) groups excluding carboxylic acids is 1. The van der Waals surface area contributed by atoms with Gasteiger partial charge in [0.15, 0.2) is 11.6 Å². The molecule has 0 radical (unpaired) electrons. The number of fused-ring (bicyclic) bond motifs is 1. The molecule has 35 heavy (non-hydrogen) atoms. The zero-order valence-electron chi connectivity index (χ0n) is 20.8. The zero-order valence-corrected chi connectivity index (χ0v) is 20.8. The Morgan fingerprint density at radius 3 is 2.46 bits per heavy atom. The molecule has 1 unspecified atom stereocenters. The van der Waals surface area contributed by atoms with Crippen LogP contribution < -0.4 is 9.64 Å². The van der Waals surface area contributed by atoms with E-state index in [1.807, 2.05) is 19.1 Å². The molecule has 0 aliphatic carbocycles. The van der Waals surface area contributed by atoms with Gasteiger partial charge >= 0.3 is 0 Å². The first-order valence-electron chi connectivity index (χ1n) is 11.9. The molecular weight excluding hydrogens is 457 g/mol. The van der Waals surface area contributed by atoms with Gasteiger partial charge in [-0.05, 0) is 75.9 Å². The third kappa shape index (κ3) is 5.11. The predicted molar refractivity (Wildman–Crippen MR) is 130 cm³/mol. The molecule has 1 fully saturated rings. The van der Waals surface area contributed by atoms with E-state index >= 15 is 4.39 Å². The van der Waals surface area contributed by atoms with Crippen LogP contribution in [0.2, 0.25) is 0 Å². The molecule has 190 valence electrons. The lowest BCUT2D eigenvalue weighted by Crippen LogP contribution is -2.47. The lowest BCUT2D eigenvalue weighted by atomic mass is 10.0. The number of hydrogen-bond acceptors (Lipinski definition) is 5. The molecule has 9 heteroatoms. The first kappa shape index (κ1) is 25.3. The van der Waals surface area contributed by atoms with E-state index in [0.717, 1.165) is 74.0 Å². The third-order valence-electron chi connectivity index (χ3n) is 6.86. The first-order chi connectivity index (χ1) is 16.7. The summed E-state index contributed by atoms with van der Waals surface area (Å²) >= 11 is 0. The maximum Gasteiger partial charge on any atom is 0.257 e. The second-order valence-corrected chi connectivity index (χ2v) is 9.54. The predicted octanol–water partition coefficient (Wildman–Crippen LogP) is 3.98. The number of alkyl halides is 1. The molecule has 0 aromatic heterocycles. The van der Waals surface area contributed by atoms with Gasteiger partial charge in [0.05, 0.1) is 7.11 Å². The second-order valence-electron chi connectivity index (χ2n) is 9.54. The van der Waals surface area contributed by atoms with Gasteiger partial charge in [0.25, 0.3) is 5.91 Å². The number of ether oxygens (including phenoxy) is 1. The molecule has 0 bridgehead atoms. The topological polar surface area (TPSA) is 39.3 Å². The molecule has 4 rings (SSSR count). The third-order valence-corrected chi connectivity index (χ3v) is 6.86. The Morgan fingerprint density at radius 1 is 1.09 bits per heavy atom. The van der Waals surface area contributed by atoms with Crippen molar-refractivity contribution < 1.29 is 22.7 Å². The van der Waals surface area contributed by atoms with E-state index in [1.54, 1.807) is 0 Å². The summed E-state index contributed by atoms with van der Waals surface area (Å²) in [6, 6.07) is 6.18. The fraction of sp³-hybridized carbons (Fsp3) is 0.500. The van der Waals surface area contributed by atoms with Crippen molar-refractivity contribution in [3.8, 4) is 5.75 Å². The van der Waals surface area contributed by atoms with Crippen molar-refractivity contribution in [2.24, 2.45) is 0 Å². The maximum absolute atomic E-state index is 15.4. The van der Waals surface area contributed by atoms with Crippen molar-refractivity contribution in [2.75, 3.05) is 65.4 Å². The number of nitrogens with zero attached hydrogens (tertiary/aromatic N) is 4. The smallest absolute Gasteiger partial charge is 0.257 e. The highest BCUT2D eigenvalue weighted by Crippen LogP contribution is 2.38. The van der Waals surface area contributed by atoms with Crippen molar-refractivity contribution in [3.05, 3.63) is 58.2 Å². The van der Waals surface area contributed by atoms with E-state index in [1.165, 1.54) is 7.11 Å². The van der Waals surface area contributed by atoms with E-state index in [4.69, 9.17) is 4.74 Å². The maximum atomic E-state index is 15.4. The second kappa shape index (κ2) is 10.5. The van der Waals surface area contributed by atoms with Crippen LogP contribution in [-0.2, 0) is 6.54 Å². The molecule has 0 spiro atoms. The number of methoxy groups -OCH3 is 1. The summed E-state index contributed by atoms with van der Waals surface area (Å²) in [7, 11) is 5.37. The highest BCUT2D eigenvalue weighted by Gasteiger charge is 2.37. The Morgan fingerprint density at radius 2 is 1.80 bits per heavy atom. The number of rotatable bonds is 8. The van der Waals surface area contributed by atoms with Gasteiger partial charge in [-0.25, -0.2) is 8.78 Å². The number of aryl methyl sites for hydroxylation is 1. The van der Waals surface area contributed by atoms with Crippen molar-refractivity contribution in [3.63, 3.8) is 0 Å². The van der Waals surface area contributed by atoms with Gasteiger partial charge in [0.1, 0.15) is 0 Å². The first-order valence-corrected chi connectivity index (χ1v) is 11.9. The van der Waals surface area contributed by atoms with Gasteiger partial charge in [0.2, 0.25) is 12.1 Å². The Hall–Kier alpha value is -2.78. The van der Waals surface area contributed by atoms with Gasteiger partial charge in [-0.1, -0.05) is 0 Å². The quantitative estimate of drug-likeness (QED) is 0.524. The highest BCUT2D eigenvalue weighted by atomic mass is 19.2. The Balaban J connectivity index is 1.47. The monoisotopic (exact) mass is 490 g/mol. The van der Waals surface area contributed by atoms with Crippen LogP contribution >= 0.6 is 0 Å². The molecule has 2 aromatic rings. The van der Waals surface area contributed by atoms with Crippen molar-refractivity contribution in [2.45, 2.75) is 26.2 Å². The van der Waals surface area contributed by atoms with E-state index < -0.39 is 29.4 Å². The summed E-state index contributed by atoms with van der Waals surface area (Å²) in [5.74, 6) is -3.44. The number of halogens is 3. The highest BCUT2D eigenvalue weighted by molar-refractivity contribution is 6.00. The summed E-state index contributed by atoms with van der Waals surface area (Å²) in [6.45, 7) is 7.65. The molecular formula is C26H33F3N4O2. The number of piperazine rings is 1. The van der Waals surface area contributed by atoms with Gasteiger partial charge in [-0.3, -0.25) is 9.69 Å². The van der Waals surface area contributed by atoms with Crippen LogP contribution in [0.3, 0.4) is 0 Å². The van der Waals surface area contributed by atoms with Crippen LogP contribution in [-0.4, -0.2) is 81.1 Å². The average molecular weight is 491 g/mol. The van der Waals surface area contributed by atoms with E-state index in [2.05, 4.69) is 28.8 Å².